The van der Waals surface area contributed by atoms with Gasteiger partial charge in [0.15, 0.2) is 0 Å². The number of anilines is 2. The van der Waals surface area contributed by atoms with E-state index >= 15 is 0 Å². The minimum absolute atomic E-state index is 0.0842. The molecule has 2 aromatic carbocycles. The summed E-state index contributed by atoms with van der Waals surface area (Å²) in [7, 11) is 0. The Balaban J connectivity index is 1.85. The Morgan fingerprint density at radius 1 is 1.10 bits per heavy atom. The van der Waals surface area contributed by atoms with Crippen molar-refractivity contribution in [1.29, 1.82) is 0 Å². The fourth-order valence-corrected chi connectivity index (χ4v) is 2.70. The summed E-state index contributed by atoms with van der Waals surface area (Å²) in [4.78, 5) is 12.7. The van der Waals surface area contributed by atoms with E-state index in [0.29, 0.717) is 0 Å². The van der Waals surface area contributed by atoms with Crippen LogP contribution in [-0.2, 0) is 10.2 Å². The molecule has 1 aliphatic carbocycles. The standard InChI is InChI=1S/C18H20N2O/c1-12-4-3-5-16(13(12)2)20-17(21)18(10-11-18)14-6-8-15(19)9-7-14/h3-9H,10-11,19H2,1-2H3,(H,20,21). The summed E-state index contributed by atoms with van der Waals surface area (Å²) in [6, 6.07) is 13.6. The summed E-state index contributed by atoms with van der Waals surface area (Å²) >= 11 is 0. The fraction of sp³-hybridized carbons (Fsp3) is 0.278. The van der Waals surface area contributed by atoms with Gasteiger partial charge < -0.3 is 11.1 Å². The molecule has 0 bridgehead atoms. The molecule has 1 aliphatic rings. The van der Waals surface area contributed by atoms with Crippen LogP contribution in [0, 0.1) is 13.8 Å². The summed E-state index contributed by atoms with van der Waals surface area (Å²) < 4.78 is 0. The number of rotatable bonds is 3. The van der Waals surface area contributed by atoms with Crippen molar-refractivity contribution in [2.24, 2.45) is 0 Å². The molecule has 0 heterocycles. The number of nitrogen functional groups attached to an aromatic ring is 1. The molecule has 108 valence electrons. The number of benzene rings is 2. The Labute approximate surface area is 125 Å². The zero-order valence-corrected chi connectivity index (χ0v) is 12.4. The van der Waals surface area contributed by atoms with Crippen molar-refractivity contribution in [2.75, 3.05) is 11.1 Å². The Kier molecular flexibility index (Phi) is 3.20. The van der Waals surface area contributed by atoms with Crippen molar-refractivity contribution in [3.63, 3.8) is 0 Å². The lowest BCUT2D eigenvalue weighted by Gasteiger charge is -2.17. The lowest BCUT2D eigenvalue weighted by atomic mass is 9.94. The van der Waals surface area contributed by atoms with E-state index in [1.54, 1.807) is 0 Å². The van der Waals surface area contributed by atoms with E-state index in [4.69, 9.17) is 5.73 Å². The molecule has 0 unspecified atom stereocenters. The Hall–Kier alpha value is -2.29. The third-order valence-corrected chi connectivity index (χ3v) is 4.50. The molecular weight excluding hydrogens is 260 g/mol. The normalized spacial score (nSPS) is 15.5. The first-order chi connectivity index (χ1) is 10.0. The van der Waals surface area contributed by atoms with Crippen molar-refractivity contribution in [3.05, 3.63) is 59.2 Å². The average Bonchev–Trinajstić information content (AvgIpc) is 3.26. The molecule has 0 radical (unpaired) electrons. The van der Waals surface area contributed by atoms with Crippen LogP contribution in [0.3, 0.4) is 0 Å². The first kappa shape index (κ1) is 13.7. The van der Waals surface area contributed by atoms with Crippen LogP contribution < -0.4 is 11.1 Å². The molecule has 3 N–H and O–H groups in total. The molecule has 3 heteroatoms. The first-order valence-electron chi connectivity index (χ1n) is 7.27. The summed E-state index contributed by atoms with van der Waals surface area (Å²) in [5.41, 5.74) is 10.4. The SMILES string of the molecule is Cc1cccc(NC(=O)C2(c3ccc(N)cc3)CC2)c1C. The minimum Gasteiger partial charge on any atom is -0.399 e. The number of carbonyl (C=O) groups is 1. The van der Waals surface area contributed by atoms with Gasteiger partial charge >= 0.3 is 0 Å². The quantitative estimate of drug-likeness (QED) is 0.845. The van der Waals surface area contributed by atoms with Crippen LogP contribution in [0.5, 0.6) is 0 Å². The smallest absolute Gasteiger partial charge is 0.235 e. The van der Waals surface area contributed by atoms with Gasteiger partial charge in [-0.15, -0.1) is 0 Å². The number of hydrogen-bond donors (Lipinski definition) is 2. The zero-order chi connectivity index (χ0) is 15.0. The highest BCUT2D eigenvalue weighted by Crippen LogP contribution is 2.49. The summed E-state index contributed by atoms with van der Waals surface area (Å²) in [6.45, 7) is 4.09. The number of hydrogen-bond acceptors (Lipinski definition) is 2. The molecule has 0 aromatic heterocycles. The van der Waals surface area contributed by atoms with Crippen LogP contribution in [0.25, 0.3) is 0 Å². The molecule has 3 nitrogen and oxygen atoms in total. The fourth-order valence-electron chi connectivity index (χ4n) is 2.70. The van der Waals surface area contributed by atoms with E-state index in [9.17, 15) is 4.79 Å². The maximum atomic E-state index is 12.7. The number of nitrogens with one attached hydrogen (secondary N) is 1. The van der Waals surface area contributed by atoms with Crippen molar-refractivity contribution in [1.82, 2.24) is 0 Å². The zero-order valence-electron chi connectivity index (χ0n) is 12.4. The summed E-state index contributed by atoms with van der Waals surface area (Å²) in [5, 5.41) is 3.10. The molecule has 2 aromatic rings. The van der Waals surface area contributed by atoms with Crippen molar-refractivity contribution in [2.45, 2.75) is 32.1 Å². The van der Waals surface area contributed by atoms with Gasteiger partial charge in [-0.1, -0.05) is 24.3 Å². The van der Waals surface area contributed by atoms with E-state index in [0.717, 1.165) is 35.3 Å². The molecule has 21 heavy (non-hydrogen) atoms. The molecule has 3 rings (SSSR count). The van der Waals surface area contributed by atoms with E-state index in [1.165, 1.54) is 5.56 Å². The Bertz CT molecular complexity index is 685. The third-order valence-electron chi connectivity index (χ3n) is 4.50. The predicted molar refractivity (Wildman–Crippen MR) is 86.3 cm³/mol. The number of amides is 1. The lowest BCUT2D eigenvalue weighted by molar-refractivity contribution is -0.118. The van der Waals surface area contributed by atoms with Gasteiger partial charge in [0, 0.05) is 11.4 Å². The van der Waals surface area contributed by atoms with Gasteiger partial charge in [-0.2, -0.15) is 0 Å². The highest BCUT2D eigenvalue weighted by Gasteiger charge is 2.51. The van der Waals surface area contributed by atoms with Gasteiger partial charge in [0.25, 0.3) is 0 Å². The van der Waals surface area contributed by atoms with Crippen LogP contribution in [-0.4, -0.2) is 5.91 Å². The van der Waals surface area contributed by atoms with Gasteiger partial charge in [-0.25, -0.2) is 0 Å². The van der Waals surface area contributed by atoms with E-state index in [1.807, 2.05) is 43.3 Å². The molecular formula is C18H20N2O. The maximum Gasteiger partial charge on any atom is 0.235 e. The van der Waals surface area contributed by atoms with Crippen LogP contribution in [0.4, 0.5) is 11.4 Å². The van der Waals surface area contributed by atoms with E-state index < -0.39 is 0 Å². The first-order valence-corrected chi connectivity index (χ1v) is 7.27. The molecule has 1 amide bonds. The number of aryl methyl sites for hydroxylation is 1. The summed E-state index contributed by atoms with van der Waals surface area (Å²) in [6.07, 6.45) is 1.79. The predicted octanol–water partition coefficient (Wildman–Crippen LogP) is 3.56. The summed E-state index contributed by atoms with van der Waals surface area (Å²) in [5.74, 6) is 0.0842. The average molecular weight is 280 g/mol. The van der Waals surface area contributed by atoms with E-state index in [2.05, 4.69) is 18.3 Å². The molecule has 0 spiro atoms. The van der Waals surface area contributed by atoms with Crippen LogP contribution >= 0.6 is 0 Å². The van der Waals surface area contributed by atoms with Gasteiger partial charge in [-0.3, -0.25) is 4.79 Å². The second kappa shape index (κ2) is 4.92. The molecule has 0 saturated heterocycles. The van der Waals surface area contributed by atoms with Crippen molar-refractivity contribution < 1.29 is 4.79 Å². The number of nitrogens with two attached hydrogens (primary N) is 1. The second-order valence-electron chi connectivity index (χ2n) is 5.91. The molecule has 0 aliphatic heterocycles. The monoisotopic (exact) mass is 280 g/mol. The largest absolute Gasteiger partial charge is 0.399 e. The Morgan fingerprint density at radius 2 is 1.76 bits per heavy atom. The second-order valence-corrected chi connectivity index (χ2v) is 5.91. The third kappa shape index (κ3) is 2.40. The van der Waals surface area contributed by atoms with Crippen molar-refractivity contribution in [3.8, 4) is 0 Å². The highest BCUT2D eigenvalue weighted by atomic mass is 16.2. The van der Waals surface area contributed by atoms with Gasteiger partial charge in [0.05, 0.1) is 5.41 Å². The van der Waals surface area contributed by atoms with Gasteiger partial charge in [0.1, 0.15) is 0 Å². The maximum absolute atomic E-state index is 12.7. The minimum atomic E-state index is -0.371. The van der Waals surface area contributed by atoms with Crippen molar-refractivity contribution >= 4 is 17.3 Å². The topological polar surface area (TPSA) is 55.1 Å². The Morgan fingerprint density at radius 3 is 2.38 bits per heavy atom. The number of carbonyl (C=O) groups excluding carboxylic acids is 1. The highest BCUT2D eigenvalue weighted by molar-refractivity contribution is 6.02. The van der Waals surface area contributed by atoms with Crippen LogP contribution in [0.15, 0.2) is 42.5 Å². The van der Waals surface area contributed by atoms with Gasteiger partial charge in [-0.05, 0) is 61.6 Å². The van der Waals surface area contributed by atoms with Gasteiger partial charge in [0.2, 0.25) is 5.91 Å². The lowest BCUT2D eigenvalue weighted by Crippen LogP contribution is -2.28. The van der Waals surface area contributed by atoms with E-state index in [-0.39, 0.29) is 11.3 Å². The molecule has 1 saturated carbocycles. The molecule has 0 atom stereocenters. The van der Waals surface area contributed by atoms with Crippen LogP contribution in [0.1, 0.15) is 29.5 Å². The van der Waals surface area contributed by atoms with Crippen LogP contribution in [0.2, 0.25) is 0 Å². The molecule has 1 fully saturated rings.